The van der Waals surface area contributed by atoms with Crippen molar-refractivity contribution in [2.24, 2.45) is 0 Å². The van der Waals surface area contributed by atoms with E-state index in [1.165, 1.54) is 4.90 Å². The SMILES string of the molecule is CCN1CC(c2ccccc2)N(C(=O)C(=O)OCC(F)(F)F)CC1C. The van der Waals surface area contributed by atoms with Crippen LogP contribution in [0.5, 0.6) is 0 Å². The molecule has 0 spiro atoms. The monoisotopic (exact) mass is 358 g/mol. The van der Waals surface area contributed by atoms with E-state index in [4.69, 9.17) is 0 Å². The lowest BCUT2D eigenvalue weighted by Gasteiger charge is -2.44. The second-order valence-corrected chi connectivity index (χ2v) is 6.01. The number of amides is 1. The highest BCUT2D eigenvalue weighted by atomic mass is 19.4. The van der Waals surface area contributed by atoms with E-state index in [-0.39, 0.29) is 12.6 Å². The lowest BCUT2D eigenvalue weighted by molar-refractivity contribution is -0.190. The van der Waals surface area contributed by atoms with E-state index in [1.807, 2.05) is 44.2 Å². The minimum Gasteiger partial charge on any atom is -0.449 e. The van der Waals surface area contributed by atoms with Gasteiger partial charge in [-0.3, -0.25) is 9.69 Å². The molecular weight excluding hydrogens is 337 g/mol. The molecule has 1 aromatic carbocycles. The summed E-state index contributed by atoms with van der Waals surface area (Å²) >= 11 is 0. The van der Waals surface area contributed by atoms with Gasteiger partial charge < -0.3 is 9.64 Å². The number of carbonyl (C=O) groups is 2. The van der Waals surface area contributed by atoms with E-state index in [0.29, 0.717) is 6.54 Å². The van der Waals surface area contributed by atoms with Crippen LogP contribution in [0.3, 0.4) is 0 Å². The van der Waals surface area contributed by atoms with Gasteiger partial charge in [0.15, 0.2) is 6.61 Å². The number of benzene rings is 1. The molecule has 1 saturated heterocycles. The molecule has 8 heteroatoms. The summed E-state index contributed by atoms with van der Waals surface area (Å²) in [6.45, 7) is 3.65. The van der Waals surface area contributed by atoms with Gasteiger partial charge in [-0.15, -0.1) is 0 Å². The number of piperazine rings is 1. The number of esters is 1. The standard InChI is InChI=1S/C17H21F3N2O3/c1-3-21-10-14(13-7-5-4-6-8-13)22(9-12(21)2)15(23)16(24)25-11-17(18,19)20/h4-8,12,14H,3,9-11H2,1-2H3. The Hall–Kier alpha value is -2.09. The molecule has 2 rings (SSSR count). The number of hydrogen-bond acceptors (Lipinski definition) is 4. The number of rotatable bonds is 3. The molecule has 0 bridgehead atoms. The molecule has 0 aliphatic carbocycles. The van der Waals surface area contributed by atoms with E-state index >= 15 is 0 Å². The van der Waals surface area contributed by atoms with Gasteiger partial charge in [-0.05, 0) is 19.0 Å². The molecule has 2 unspecified atom stereocenters. The summed E-state index contributed by atoms with van der Waals surface area (Å²) in [7, 11) is 0. The Morgan fingerprint density at radius 1 is 1.20 bits per heavy atom. The van der Waals surface area contributed by atoms with Crippen LogP contribution in [0, 0.1) is 0 Å². The first-order chi connectivity index (χ1) is 11.7. The van der Waals surface area contributed by atoms with Crippen LogP contribution in [-0.4, -0.2) is 60.1 Å². The minimum atomic E-state index is -4.66. The Kier molecular flexibility index (Phi) is 6.05. The van der Waals surface area contributed by atoms with Crippen LogP contribution in [0.15, 0.2) is 30.3 Å². The molecule has 0 saturated carbocycles. The van der Waals surface area contributed by atoms with Crippen molar-refractivity contribution in [2.75, 3.05) is 26.2 Å². The molecule has 1 aliphatic rings. The van der Waals surface area contributed by atoms with Crippen molar-refractivity contribution in [2.45, 2.75) is 32.1 Å². The van der Waals surface area contributed by atoms with Gasteiger partial charge in [-0.1, -0.05) is 37.3 Å². The van der Waals surface area contributed by atoms with Crippen LogP contribution in [0.25, 0.3) is 0 Å². The Morgan fingerprint density at radius 3 is 2.40 bits per heavy atom. The second-order valence-electron chi connectivity index (χ2n) is 6.01. The average molecular weight is 358 g/mol. The fourth-order valence-corrected chi connectivity index (χ4v) is 2.98. The zero-order chi connectivity index (χ0) is 18.6. The van der Waals surface area contributed by atoms with Crippen LogP contribution in [0.2, 0.25) is 0 Å². The molecule has 1 aliphatic heterocycles. The van der Waals surface area contributed by atoms with Gasteiger partial charge in [0.2, 0.25) is 0 Å². The highest BCUT2D eigenvalue weighted by Crippen LogP contribution is 2.28. The van der Waals surface area contributed by atoms with Crippen molar-refractivity contribution in [3.63, 3.8) is 0 Å². The van der Waals surface area contributed by atoms with Crippen molar-refractivity contribution in [3.05, 3.63) is 35.9 Å². The molecule has 1 fully saturated rings. The molecule has 0 N–H and O–H groups in total. The number of ether oxygens (including phenoxy) is 1. The summed E-state index contributed by atoms with van der Waals surface area (Å²) < 4.78 is 40.8. The predicted octanol–water partition coefficient (Wildman–Crippen LogP) is 2.39. The highest BCUT2D eigenvalue weighted by Gasteiger charge is 2.39. The van der Waals surface area contributed by atoms with Crippen molar-refractivity contribution in [3.8, 4) is 0 Å². The summed E-state index contributed by atoms with van der Waals surface area (Å²) in [5.41, 5.74) is 0.824. The number of likely N-dealkylation sites (N-methyl/N-ethyl adjacent to an activating group) is 1. The predicted molar refractivity (Wildman–Crippen MR) is 84.6 cm³/mol. The van der Waals surface area contributed by atoms with Gasteiger partial charge in [0.1, 0.15) is 0 Å². The minimum absolute atomic E-state index is 0.00988. The second kappa shape index (κ2) is 7.86. The molecule has 0 radical (unpaired) electrons. The van der Waals surface area contributed by atoms with E-state index in [1.54, 1.807) is 0 Å². The third-order valence-corrected chi connectivity index (χ3v) is 4.26. The van der Waals surface area contributed by atoms with Gasteiger partial charge in [0, 0.05) is 19.1 Å². The first kappa shape index (κ1) is 19.2. The summed E-state index contributed by atoms with van der Waals surface area (Å²) in [6, 6.07) is 8.69. The highest BCUT2D eigenvalue weighted by molar-refractivity contribution is 6.32. The molecular formula is C17H21F3N2O3. The first-order valence-corrected chi connectivity index (χ1v) is 8.06. The van der Waals surface area contributed by atoms with Crippen molar-refractivity contribution in [1.29, 1.82) is 0 Å². The van der Waals surface area contributed by atoms with Gasteiger partial charge in [-0.25, -0.2) is 4.79 Å². The van der Waals surface area contributed by atoms with Crippen LogP contribution in [-0.2, 0) is 14.3 Å². The molecule has 138 valence electrons. The van der Waals surface area contributed by atoms with Gasteiger partial charge in [-0.2, -0.15) is 13.2 Å². The van der Waals surface area contributed by atoms with E-state index in [9.17, 15) is 22.8 Å². The molecule has 25 heavy (non-hydrogen) atoms. The topological polar surface area (TPSA) is 49.9 Å². The fraction of sp³-hybridized carbons (Fsp3) is 0.529. The van der Waals surface area contributed by atoms with Crippen LogP contribution >= 0.6 is 0 Å². The quantitative estimate of drug-likeness (QED) is 0.615. The van der Waals surface area contributed by atoms with Crippen molar-refractivity contribution in [1.82, 2.24) is 9.80 Å². The largest absolute Gasteiger partial charge is 0.449 e. The molecule has 1 heterocycles. The fourth-order valence-electron chi connectivity index (χ4n) is 2.98. The number of halogens is 3. The number of nitrogens with zero attached hydrogens (tertiary/aromatic N) is 2. The zero-order valence-corrected chi connectivity index (χ0v) is 14.1. The number of hydrogen-bond donors (Lipinski definition) is 0. The third kappa shape index (κ3) is 4.94. The maximum absolute atomic E-state index is 12.4. The summed E-state index contributed by atoms with van der Waals surface area (Å²) in [5, 5.41) is 0. The summed E-state index contributed by atoms with van der Waals surface area (Å²) in [4.78, 5) is 27.7. The molecule has 1 aromatic rings. The van der Waals surface area contributed by atoms with Gasteiger partial charge in [0.25, 0.3) is 0 Å². The molecule has 2 atom stereocenters. The maximum atomic E-state index is 12.4. The van der Waals surface area contributed by atoms with Crippen LogP contribution in [0.4, 0.5) is 13.2 Å². The normalized spacial score (nSPS) is 21.9. The molecule has 0 aromatic heterocycles. The third-order valence-electron chi connectivity index (χ3n) is 4.26. The average Bonchev–Trinajstić information content (AvgIpc) is 2.58. The lowest BCUT2D eigenvalue weighted by Crippen LogP contribution is -2.56. The Morgan fingerprint density at radius 2 is 1.84 bits per heavy atom. The van der Waals surface area contributed by atoms with Crippen molar-refractivity contribution >= 4 is 11.9 Å². The van der Waals surface area contributed by atoms with Gasteiger partial charge in [0.05, 0.1) is 6.04 Å². The lowest BCUT2D eigenvalue weighted by atomic mass is 9.99. The smallest absolute Gasteiger partial charge is 0.422 e. The number of alkyl halides is 3. The number of carbonyl (C=O) groups excluding carboxylic acids is 2. The van der Waals surface area contributed by atoms with Crippen molar-refractivity contribution < 1.29 is 27.5 Å². The molecule has 1 amide bonds. The van der Waals surface area contributed by atoms with E-state index in [2.05, 4.69) is 9.64 Å². The van der Waals surface area contributed by atoms with E-state index < -0.39 is 30.7 Å². The first-order valence-electron chi connectivity index (χ1n) is 8.06. The van der Waals surface area contributed by atoms with Crippen LogP contribution in [0.1, 0.15) is 25.5 Å². The summed E-state index contributed by atoms with van der Waals surface area (Å²) in [5.74, 6) is -2.52. The molecule has 5 nitrogen and oxygen atoms in total. The summed E-state index contributed by atoms with van der Waals surface area (Å²) in [6.07, 6.45) is -4.66. The maximum Gasteiger partial charge on any atom is 0.422 e. The van der Waals surface area contributed by atoms with Gasteiger partial charge >= 0.3 is 18.1 Å². The van der Waals surface area contributed by atoms with E-state index in [0.717, 1.165) is 12.1 Å². The Balaban J connectivity index is 2.19. The Labute approximate surface area is 144 Å². The zero-order valence-electron chi connectivity index (χ0n) is 14.1. The van der Waals surface area contributed by atoms with Crippen LogP contribution < -0.4 is 0 Å². The Bertz CT molecular complexity index is 607.